The summed E-state index contributed by atoms with van der Waals surface area (Å²) in [6.07, 6.45) is 1.77. The highest BCUT2D eigenvalue weighted by Crippen LogP contribution is 2.28. The molecule has 0 saturated heterocycles. The number of anilines is 1. The first-order valence-electron chi connectivity index (χ1n) is 7.16. The number of hydrogen-bond donors (Lipinski definition) is 1. The molecule has 0 spiro atoms. The van der Waals surface area contributed by atoms with Crippen molar-refractivity contribution in [2.24, 2.45) is 10.9 Å². The van der Waals surface area contributed by atoms with E-state index >= 15 is 0 Å². The van der Waals surface area contributed by atoms with Crippen LogP contribution in [0, 0.1) is 5.92 Å². The van der Waals surface area contributed by atoms with Crippen molar-refractivity contribution in [1.29, 1.82) is 0 Å². The van der Waals surface area contributed by atoms with Crippen molar-refractivity contribution in [3.63, 3.8) is 0 Å². The van der Waals surface area contributed by atoms with Gasteiger partial charge in [-0.3, -0.25) is 9.98 Å². The summed E-state index contributed by atoms with van der Waals surface area (Å²) in [6, 6.07) is 11.4. The maximum absolute atomic E-state index is 6.18. The molecule has 112 valence electrons. The Morgan fingerprint density at radius 3 is 2.73 bits per heavy atom. The van der Waals surface area contributed by atoms with Gasteiger partial charge in [-0.05, 0) is 36.2 Å². The summed E-state index contributed by atoms with van der Waals surface area (Å²) in [4.78, 5) is 10.1. The molecule has 1 N–H and O–H groups in total. The number of benzene rings is 1. The molecular weight excluding hydrogens is 314 g/mol. The van der Waals surface area contributed by atoms with E-state index in [0.29, 0.717) is 10.9 Å². The largest absolute Gasteiger partial charge is 0.348 e. The molecule has 3 nitrogen and oxygen atoms in total. The van der Waals surface area contributed by atoms with Crippen LogP contribution in [0.4, 0.5) is 5.69 Å². The molecular formula is C17H16ClN3S. The van der Waals surface area contributed by atoms with Crippen molar-refractivity contribution >= 4 is 40.2 Å². The predicted molar refractivity (Wildman–Crippen MR) is 96.2 cm³/mol. The maximum atomic E-state index is 6.18. The first kappa shape index (κ1) is 15.1. The summed E-state index contributed by atoms with van der Waals surface area (Å²) < 4.78 is 0. The molecule has 1 aromatic heterocycles. The van der Waals surface area contributed by atoms with Gasteiger partial charge in [-0.15, -0.1) is 0 Å². The fourth-order valence-electron chi connectivity index (χ4n) is 2.45. The Bertz CT molecular complexity index is 741. The number of nitrogens with one attached hydrogen (secondary N) is 1. The van der Waals surface area contributed by atoms with Gasteiger partial charge in [-0.1, -0.05) is 43.7 Å². The van der Waals surface area contributed by atoms with Gasteiger partial charge in [0.05, 0.1) is 11.4 Å². The van der Waals surface area contributed by atoms with Crippen molar-refractivity contribution in [3.8, 4) is 0 Å². The van der Waals surface area contributed by atoms with Crippen molar-refractivity contribution < 1.29 is 0 Å². The Balaban J connectivity index is 2.23. The summed E-state index contributed by atoms with van der Waals surface area (Å²) in [5, 5.41) is 3.98. The van der Waals surface area contributed by atoms with Gasteiger partial charge >= 0.3 is 0 Å². The quantitative estimate of drug-likeness (QED) is 0.832. The standard InChI is InChI=1S/C17H16ClN3S/c1-10(2)15-17(22)20-13-7-6-11(18)9-12(13)16(21-15)14-5-3-4-8-19-14/h3-10,15H,1-2H3,(H,20,22)/t15-/m0/s1. The van der Waals surface area contributed by atoms with E-state index in [4.69, 9.17) is 28.8 Å². The SMILES string of the molecule is CC(C)[C@@H]1N=C(c2ccccn2)c2cc(Cl)ccc2NC1=S. The van der Waals surface area contributed by atoms with Crippen LogP contribution < -0.4 is 5.32 Å². The van der Waals surface area contributed by atoms with E-state index in [0.717, 1.165) is 27.6 Å². The van der Waals surface area contributed by atoms with Gasteiger partial charge < -0.3 is 5.32 Å². The molecule has 0 bridgehead atoms. The summed E-state index contributed by atoms with van der Waals surface area (Å²) in [6.45, 7) is 4.22. The number of rotatable bonds is 2. The Morgan fingerprint density at radius 1 is 1.23 bits per heavy atom. The number of halogens is 1. The second-order valence-electron chi connectivity index (χ2n) is 5.56. The smallest absolute Gasteiger partial charge is 0.105 e. The molecule has 3 rings (SSSR count). The fourth-order valence-corrected chi connectivity index (χ4v) is 3.06. The van der Waals surface area contributed by atoms with Gasteiger partial charge in [-0.25, -0.2) is 0 Å². The summed E-state index contributed by atoms with van der Waals surface area (Å²) in [5.41, 5.74) is 3.49. The molecule has 0 aliphatic carbocycles. The van der Waals surface area contributed by atoms with E-state index in [1.54, 1.807) is 6.20 Å². The number of aliphatic imine (C=N–C) groups is 1. The topological polar surface area (TPSA) is 37.3 Å². The molecule has 0 fully saturated rings. The second-order valence-corrected chi connectivity index (χ2v) is 6.44. The second kappa shape index (κ2) is 6.15. The number of fused-ring (bicyclic) bond motifs is 1. The third-order valence-electron chi connectivity index (χ3n) is 3.57. The molecule has 2 heterocycles. The van der Waals surface area contributed by atoms with Gasteiger partial charge in [0.1, 0.15) is 11.0 Å². The monoisotopic (exact) mass is 329 g/mol. The summed E-state index contributed by atoms with van der Waals surface area (Å²) in [7, 11) is 0. The van der Waals surface area contributed by atoms with Gasteiger partial charge in [0.15, 0.2) is 0 Å². The number of thiocarbonyl (C=S) groups is 1. The molecule has 0 saturated carbocycles. The van der Waals surface area contributed by atoms with Crippen molar-refractivity contribution in [2.75, 3.05) is 5.32 Å². The van der Waals surface area contributed by atoms with E-state index < -0.39 is 0 Å². The number of pyridine rings is 1. The minimum absolute atomic E-state index is 0.0850. The lowest BCUT2D eigenvalue weighted by atomic mass is 10.0. The molecule has 5 heteroatoms. The maximum Gasteiger partial charge on any atom is 0.105 e. The Labute approximate surface area is 140 Å². The van der Waals surface area contributed by atoms with Crippen molar-refractivity contribution in [3.05, 3.63) is 58.9 Å². The first-order chi connectivity index (χ1) is 10.6. The number of hydrogen-bond acceptors (Lipinski definition) is 3. The first-order valence-corrected chi connectivity index (χ1v) is 7.95. The Hall–Kier alpha value is -1.78. The van der Waals surface area contributed by atoms with Gasteiger partial charge in [-0.2, -0.15) is 0 Å². The molecule has 2 aromatic rings. The van der Waals surface area contributed by atoms with Gasteiger partial charge in [0, 0.05) is 22.5 Å². The van der Waals surface area contributed by atoms with Crippen LogP contribution in [-0.2, 0) is 0 Å². The van der Waals surface area contributed by atoms with E-state index in [9.17, 15) is 0 Å². The van der Waals surface area contributed by atoms with Crippen molar-refractivity contribution in [2.45, 2.75) is 19.9 Å². The number of benzodiazepines with no additional fused rings is 1. The van der Waals surface area contributed by atoms with Gasteiger partial charge in [0.2, 0.25) is 0 Å². The van der Waals surface area contributed by atoms with E-state index in [1.165, 1.54) is 0 Å². The molecule has 1 atom stereocenters. The Morgan fingerprint density at radius 2 is 2.05 bits per heavy atom. The zero-order valence-corrected chi connectivity index (χ0v) is 13.9. The van der Waals surface area contributed by atoms with E-state index in [1.807, 2.05) is 36.4 Å². The minimum atomic E-state index is -0.0850. The highest BCUT2D eigenvalue weighted by Gasteiger charge is 2.26. The molecule has 1 aliphatic rings. The lowest BCUT2D eigenvalue weighted by Gasteiger charge is -2.17. The fraction of sp³-hybridized carbons (Fsp3) is 0.235. The number of aromatic nitrogens is 1. The minimum Gasteiger partial charge on any atom is -0.348 e. The third-order valence-corrected chi connectivity index (χ3v) is 4.15. The van der Waals surface area contributed by atoms with Crippen LogP contribution in [0.2, 0.25) is 5.02 Å². The van der Waals surface area contributed by atoms with Crippen LogP contribution in [0.25, 0.3) is 0 Å². The molecule has 0 amide bonds. The van der Waals surface area contributed by atoms with Crippen LogP contribution in [0.15, 0.2) is 47.6 Å². The van der Waals surface area contributed by atoms with E-state index in [-0.39, 0.29) is 6.04 Å². The van der Waals surface area contributed by atoms with Crippen LogP contribution in [0.3, 0.4) is 0 Å². The average molecular weight is 330 g/mol. The molecule has 22 heavy (non-hydrogen) atoms. The average Bonchev–Trinajstić information content (AvgIpc) is 2.64. The van der Waals surface area contributed by atoms with Crippen LogP contribution in [-0.4, -0.2) is 21.7 Å². The molecule has 0 radical (unpaired) electrons. The highest BCUT2D eigenvalue weighted by molar-refractivity contribution is 7.80. The zero-order chi connectivity index (χ0) is 15.7. The van der Waals surface area contributed by atoms with E-state index in [2.05, 4.69) is 24.1 Å². The zero-order valence-electron chi connectivity index (χ0n) is 12.4. The lowest BCUT2D eigenvalue weighted by Crippen LogP contribution is -2.28. The molecule has 1 aliphatic heterocycles. The molecule has 1 aromatic carbocycles. The van der Waals surface area contributed by atoms with Gasteiger partial charge in [0.25, 0.3) is 0 Å². The predicted octanol–water partition coefficient (Wildman–Crippen LogP) is 4.35. The Kier molecular flexibility index (Phi) is 4.23. The lowest BCUT2D eigenvalue weighted by molar-refractivity contribution is 0.602. The summed E-state index contributed by atoms with van der Waals surface area (Å²) >= 11 is 11.7. The van der Waals surface area contributed by atoms with Crippen molar-refractivity contribution in [1.82, 2.24) is 4.98 Å². The number of nitrogens with zero attached hydrogens (tertiary/aromatic N) is 2. The normalized spacial score (nSPS) is 17.5. The van der Waals surface area contributed by atoms with Crippen LogP contribution in [0.1, 0.15) is 25.1 Å². The van der Waals surface area contributed by atoms with Crippen LogP contribution in [0.5, 0.6) is 0 Å². The molecule has 0 unspecified atom stereocenters. The van der Waals surface area contributed by atoms with Crippen LogP contribution >= 0.6 is 23.8 Å². The summed E-state index contributed by atoms with van der Waals surface area (Å²) in [5.74, 6) is 0.295. The highest BCUT2D eigenvalue weighted by atomic mass is 35.5. The third kappa shape index (κ3) is 2.89.